The first kappa shape index (κ1) is 27.0. The minimum atomic E-state index is -0.948. The van der Waals surface area contributed by atoms with Crippen molar-refractivity contribution in [2.75, 3.05) is 13.2 Å². The second kappa shape index (κ2) is 9.23. The smallest absolute Gasteiger partial charge is 0.186 e. The minimum absolute atomic E-state index is 0.0357. The topological polar surface area (TPSA) is 86.6 Å². The second-order valence-electron chi connectivity index (χ2n) is 15.6. The van der Waals surface area contributed by atoms with Crippen molar-refractivity contribution in [2.24, 2.45) is 46.3 Å². The number of ether oxygens (including phenoxy) is 5. The first-order chi connectivity index (χ1) is 19.1. The van der Waals surface area contributed by atoms with Crippen molar-refractivity contribution in [1.29, 1.82) is 0 Å². The Morgan fingerprint density at radius 2 is 1.80 bits per heavy atom. The van der Waals surface area contributed by atoms with Crippen LogP contribution in [0.25, 0.3) is 0 Å². The molecule has 7 heteroatoms. The lowest BCUT2D eigenvalue weighted by Crippen LogP contribution is -2.55. The molecule has 0 aromatic carbocycles. The van der Waals surface area contributed by atoms with Crippen molar-refractivity contribution in [2.45, 2.75) is 134 Å². The quantitative estimate of drug-likeness (QED) is 0.480. The Balaban J connectivity index is 0.975. The van der Waals surface area contributed by atoms with Crippen LogP contribution in [0.15, 0.2) is 11.6 Å². The molecule has 2 N–H and O–H groups in total. The van der Waals surface area contributed by atoms with Gasteiger partial charge in [-0.15, -0.1) is 0 Å². The highest BCUT2D eigenvalue weighted by molar-refractivity contribution is 5.26. The molecule has 4 aliphatic carbocycles. The predicted molar refractivity (Wildman–Crippen MR) is 147 cm³/mol. The summed E-state index contributed by atoms with van der Waals surface area (Å²) in [6, 6.07) is 0. The number of hydrogen-bond donors (Lipinski definition) is 2. The van der Waals surface area contributed by atoms with Gasteiger partial charge in [-0.25, -0.2) is 0 Å². The summed E-state index contributed by atoms with van der Waals surface area (Å²) in [6.07, 6.45) is 9.77. The van der Waals surface area contributed by atoms with E-state index in [4.69, 9.17) is 23.7 Å². The van der Waals surface area contributed by atoms with Crippen molar-refractivity contribution in [1.82, 2.24) is 0 Å². The van der Waals surface area contributed by atoms with Crippen LogP contribution in [-0.2, 0) is 23.7 Å². The fraction of sp³-hybridized carbons (Fsp3) is 0.939. The molecule has 8 rings (SSSR count). The number of hydrogen-bond acceptors (Lipinski definition) is 7. The van der Waals surface area contributed by atoms with Gasteiger partial charge >= 0.3 is 0 Å². The molecule has 2 bridgehead atoms. The largest absolute Gasteiger partial charge is 0.387 e. The van der Waals surface area contributed by atoms with Crippen LogP contribution < -0.4 is 0 Å². The number of rotatable bonds is 2. The maximum Gasteiger partial charge on any atom is 0.186 e. The van der Waals surface area contributed by atoms with E-state index in [1.165, 1.54) is 32.1 Å². The Morgan fingerprint density at radius 1 is 0.950 bits per heavy atom. The van der Waals surface area contributed by atoms with Crippen LogP contribution in [0, 0.1) is 46.3 Å². The third-order valence-corrected chi connectivity index (χ3v) is 13.7. The summed E-state index contributed by atoms with van der Waals surface area (Å²) in [5.74, 6) is 3.55. The molecular weight excluding hydrogens is 508 g/mol. The third kappa shape index (κ3) is 3.67. The van der Waals surface area contributed by atoms with Crippen molar-refractivity contribution in [3.05, 3.63) is 11.6 Å². The summed E-state index contributed by atoms with van der Waals surface area (Å²) in [7, 11) is 0. The van der Waals surface area contributed by atoms with E-state index in [0.29, 0.717) is 35.9 Å². The van der Waals surface area contributed by atoms with Gasteiger partial charge in [-0.3, -0.25) is 0 Å². The van der Waals surface area contributed by atoms with Crippen LogP contribution in [0.3, 0.4) is 0 Å². The van der Waals surface area contributed by atoms with E-state index < -0.39 is 30.7 Å². The molecular formula is C33H50O7. The maximum atomic E-state index is 10.7. The van der Waals surface area contributed by atoms with Crippen molar-refractivity contribution in [3.8, 4) is 0 Å². The van der Waals surface area contributed by atoms with E-state index in [-0.39, 0.29) is 17.3 Å². The van der Waals surface area contributed by atoms with Gasteiger partial charge in [0.05, 0.1) is 25.4 Å². The Hall–Kier alpha value is -0.540. The zero-order valence-electron chi connectivity index (χ0n) is 24.8. The number of fused-ring (bicyclic) bond motifs is 9. The summed E-state index contributed by atoms with van der Waals surface area (Å²) >= 11 is 0. The molecule has 1 spiro atoms. The van der Waals surface area contributed by atoms with Gasteiger partial charge in [0.15, 0.2) is 12.1 Å². The minimum Gasteiger partial charge on any atom is -0.387 e. The highest BCUT2D eigenvalue weighted by atomic mass is 16.7. The maximum absolute atomic E-state index is 10.7. The SMILES string of the molecule is C[C@@H]1CC[C@@]2(OC1)O[C@H]1C[C@H]3[C@@H]4CC=C5C[C@@H](O[C@@H]6O[C@@H]7CO[C@H]([C@H]6O)[C@@H]7O)CC[C@]5(C)[C@H]4CC[C@]3(C)[C@H]1[C@@H]2C. The number of aliphatic hydroxyl groups is 2. The molecule has 0 amide bonds. The fourth-order valence-electron chi connectivity index (χ4n) is 11.5. The molecule has 0 aromatic heterocycles. The van der Waals surface area contributed by atoms with Crippen LogP contribution in [0.2, 0.25) is 0 Å². The first-order valence-electron chi connectivity index (χ1n) is 16.4. The average Bonchev–Trinajstić information content (AvgIpc) is 3.49. The van der Waals surface area contributed by atoms with Crippen molar-refractivity contribution >= 4 is 0 Å². The van der Waals surface area contributed by atoms with E-state index in [1.807, 2.05) is 0 Å². The molecule has 4 saturated heterocycles. The molecule has 7 fully saturated rings. The molecule has 4 heterocycles. The highest BCUT2D eigenvalue weighted by Gasteiger charge is 2.68. The molecule has 40 heavy (non-hydrogen) atoms. The van der Waals surface area contributed by atoms with Gasteiger partial charge in [0, 0.05) is 12.3 Å². The van der Waals surface area contributed by atoms with Crippen LogP contribution >= 0.6 is 0 Å². The van der Waals surface area contributed by atoms with Gasteiger partial charge < -0.3 is 33.9 Å². The van der Waals surface area contributed by atoms with E-state index >= 15 is 0 Å². The standard InChI is InChI=1S/C33H50O7/c1-17-7-12-33(37-15-17)18(2)26-24(40-33)14-23-21-6-5-19-13-20(8-10-31(19,3)22(21)9-11-32(23,26)4)38-30-28(35)29-27(34)25(39-30)16-36-29/h5,17-18,20-30,34-35H,6-16H2,1-4H3/t17-,18+,20+,21-,22+,23+,24+,25-,26+,27-,28-,29+,30-,31+,32+,33-/m1/s1. The van der Waals surface area contributed by atoms with Gasteiger partial charge in [0.25, 0.3) is 0 Å². The molecule has 8 aliphatic rings. The molecule has 224 valence electrons. The molecule has 0 unspecified atom stereocenters. The van der Waals surface area contributed by atoms with Gasteiger partial charge in [-0.2, -0.15) is 0 Å². The Morgan fingerprint density at radius 3 is 2.60 bits per heavy atom. The lowest BCUT2D eigenvalue weighted by atomic mass is 9.47. The summed E-state index contributed by atoms with van der Waals surface area (Å²) in [5, 5.41) is 21.0. The van der Waals surface area contributed by atoms with E-state index in [1.54, 1.807) is 5.57 Å². The van der Waals surface area contributed by atoms with Crippen LogP contribution in [0.4, 0.5) is 0 Å². The number of aliphatic hydroxyl groups excluding tert-OH is 2. The fourth-order valence-corrected chi connectivity index (χ4v) is 11.5. The summed E-state index contributed by atoms with van der Waals surface area (Å²) in [4.78, 5) is 0. The molecule has 3 saturated carbocycles. The number of allylic oxidation sites excluding steroid dienone is 1. The van der Waals surface area contributed by atoms with Gasteiger partial charge in [0.1, 0.15) is 24.4 Å². The van der Waals surface area contributed by atoms with Gasteiger partial charge in [-0.1, -0.05) is 39.3 Å². The molecule has 0 radical (unpaired) electrons. The summed E-state index contributed by atoms with van der Waals surface area (Å²) in [6.45, 7) is 11.0. The summed E-state index contributed by atoms with van der Waals surface area (Å²) < 4.78 is 31.3. The third-order valence-electron chi connectivity index (χ3n) is 13.7. The van der Waals surface area contributed by atoms with Crippen LogP contribution in [0.5, 0.6) is 0 Å². The Kier molecular flexibility index (Phi) is 6.24. The van der Waals surface area contributed by atoms with Gasteiger partial charge in [0.2, 0.25) is 0 Å². The van der Waals surface area contributed by atoms with Crippen LogP contribution in [0.1, 0.15) is 85.5 Å². The second-order valence-corrected chi connectivity index (χ2v) is 15.6. The van der Waals surface area contributed by atoms with E-state index in [9.17, 15) is 10.2 Å². The zero-order chi connectivity index (χ0) is 27.6. The van der Waals surface area contributed by atoms with E-state index in [2.05, 4.69) is 33.8 Å². The normalized spacial score (nSPS) is 60.5. The highest BCUT2D eigenvalue weighted by Crippen LogP contribution is 2.70. The Bertz CT molecular complexity index is 1040. The zero-order valence-corrected chi connectivity index (χ0v) is 24.8. The molecule has 4 aliphatic heterocycles. The van der Waals surface area contributed by atoms with Crippen molar-refractivity contribution < 1.29 is 33.9 Å². The Labute approximate surface area is 239 Å². The molecule has 16 atom stereocenters. The van der Waals surface area contributed by atoms with E-state index in [0.717, 1.165) is 50.0 Å². The lowest BCUT2D eigenvalue weighted by Gasteiger charge is -2.58. The summed E-state index contributed by atoms with van der Waals surface area (Å²) in [5.41, 5.74) is 2.12. The molecule has 7 nitrogen and oxygen atoms in total. The monoisotopic (exact) mass is 558 g/mol. The average molecular weight is 559 g/mol. The van der Waals surface area contributed by atoms with Gasteiger partial charge in [-0.05, 0) is 91.8 Å². The van der Waals surface area contributed by atoms with Crippen LogP contribution in [-0.4, -0.2) is 72.1 Å². The first-order valence-corrected chi connectivity index (χ1v) is 16.4. The predicted octanol–water partition coefficient (Wildman–Crippen LogP) is 4.58. The van der Waals surface area contributed by atoms with Crippen molar-refractivity contribution in [3.63, 3.8) is 0 Å². The molecule has 0 aromatic rings. The lowest BCUT2D eigenvalue weighted by molar-refractivity contribution is -0.278.